The van der Waals surface area contributed by atoms with Crippen LogP contribution in [0.1, 0.15) is 10.6 Å². The zero-order valence-corrected chi connectivity index (χ0v) is 10.1. The van der Waals surface area contributed by atoms with Crippen LogP contribution in [0.4, 0.5) is 10.2 Å². The first-order valence-electron chi connectivity index (χ1n) is 4.60. The van der Waals surface area contributed by atoms with Gasteiger partial charge in [-0.05, 0) is 13.0 Å². The van der Waals surface area contributed by atoms with E-state index in [-0.39, 0.29) is 10.8 Å². The Hall–Kier alpha value is -1.20. The second kappa shape index (κ2) is 4.76. The van der Waals surface area contributed by atoms with Crippen LogP contribution in [0, 0.1) is 12.7 Å². The summed E-state index contributed by atoms with van der Waals surface area (Å²) in [7, 11) is 0. The van der Waals surface area contributed by atoms with Gasteiger partial charge in [0.15, 0.2) is 11.6 Å². The number of halogens is 2. The first-order chi connectivity index (χ1) is 7.66. The first-order valence-corrected chi connectivity index (χ1v) is 5.86. The number of nitrogens with zero attached hydrogens (tertiary/aromatic N) is 2. The molecule has 2 rings (SSSR count). The number of hydrogen-bond donors (Lipinski definition) is 1. The van der Waals surface area contributed by atoms with Crippen molar-refractivity contribution in [3.63, 3.8) is 0 Å². The quantitative estimate of drug-likeness (QED) is 0.917. The molecular formula is C10H9ClFN3S. The van der Waals surface area contributed by atoms with Gasteiger partial charge in [0.05, 0.1) is 22.8 Å². The van der Waals surface area contributed by atoms with Crippen LogP contribution in [0.3, 0.4) is 0 Å². The molecule has 0 aliphatic heterocycles. The molecule has 2 heterocycles. The molecule has 0 aliphatic carbocycles. The summed E-state index contributed by atoms with van der Waals surface area (Å²) in [5.41, 5.74) is 2.71. The Morgan fingerprint density at radius 1 is 1.50 bits per heavy atom. The van der Waals surface area contributed by atoms with Crippen LogP contribution in [0.15, 0.2) is 17.8 Å². The lowest BCUT2D eigenvalue weighted by Gasteiger charge is -2.05. The third-order valence-corrected chi connectivity index (χ3v) is 3.21. The minimum Gasteiger partial charge on any atom is -0.363 e. The topological polar surface area (TPSA) is 37.8 Å². The average Bonchev–Trinajstić information content (AvgIpc) is 2.63. The number of aryl methyl sites for hydroxylation is 1. The van der Waals surface area contributed by atoms with Crippen molar-refractivity contribution in [2.75, 3.05) is 5.32 Å². The highest BCUT2D eigenvalue weighted by atomic mass is 35.5. The Morgan fingerprint density at radius 2 is 2.31 bits per heavy atom. The zero-order valence-electron chi connectivity index (χ0n) is 8.50. The summed E-state index contributed by atoms with van der Waals surface area (Å²) < 4.78 is 13.4. The van der Waals surface area contributed by atoms with Crippen molar-refractivity contribution in [3.8, 4) is 0 Å². The molecule has 0 saturated carbocycles. The monoisotopic (exact) mass is 257 g/mol. The maximum absolute atomic E-state index is 13.4. The minimum atomic E-state index is -0.449. The van der Waals surface area contributed by atoms with Crippen molar-refractivity contribution >= 4 is 28.8 Å². The SMILES string of the molecule is Cc1ncsc1CNc1ncc(Cl)cc1F. The summed E-state index contributed by atoms with van der Waals surface area (Å²) in [4.78, 5) is 9.05. The summed E-state index contributed by atoms with van der Waals surface area (Å²) in [6.45, 7) is 2.43. The lowest BCUT2D eigenvalue weighted by Crippen LogP contribution is -2.03. The first kappa shape index (κ1) is 11.3. The molecule has 0 saturated heterocycles. The molecule has 0 radical (unpaired) electrons. The Balaban J connectivity index is 2.08. The van der Waals surface area contributed by atoms with Crippen LogP contribution in [-0.4, -0.2) is 9.97 Å². The number of thiazole rings is 1. The molecule has 16 heavy (non-hydrogen) atoms. The molecule has 0 aliphatic rings. The summed E-state index contributed by atoms with van der Waals surface area (Å²) in [6, 6.07) is 1.23. The van der Waals surface area contributed by atoms with E-state index < -0.39 is 5.82 Å². The predicted molar refractivity (Wildman–Crippen MR) is 63.4 cm³/mol. The van der Waals surface area contributed by atoms with Gasteiger partial charge in [-0.1, -0.05) is 11.6 Å². The molecule has 6 heteroatoms. The Morgan fingerprint density at radius 3 is 2.94 bits per heavy atom. The fourth-order valence-electron chi connectivity index (χ4n) is 1.20. The molecule has 0 atom stereocenters. The van der Waals surface area contributed by atoms with E-state index in [1.165, 1.54) is 23.6 Å². The highest BCUT2D eigenvalue weighted by Crippen LogP contribution is 2.18. The fourth-order valence-corrected chi connectivity index (χ4v) is 2.07. The molecule has 0 aromatic carbocycles. The van der Waals surface area contributed by atoms with Crippen LogP contribution < -0.4 is 5.32 Å². The Kier molecular flexibility index (Phi) is 3.36. The second-order valence-corrected chi connectivity index (χ2v) is 4.57. The van der Waals surface area contributed by atoms with Crippen LogP contribution in [-0.2, 0) is 6.54 Å². The molecule has 0 spiro atoms. The fraction of sp³-hybridized carbons (Fsp3) is 0.200. The van der Waals surface area contributed by atoms with E-state index in [0.29, 0.717) is 6.54 Å². The average molecular weight is 258 g/mol. The number of rotatable bonds is 3. The Labute approximate surface area is 101 Å². The molecule has 1 N–H and O–H groups in total. The molecule has 84 valence electrons. The largest absolute Gasteiger partial charge is 0.363 e. The Bertz CT molecular complexity index is 501. The van der Waals surface area contributed by atoms with E-state index in [1.54, 1.807) is 5.51 Å². The van der Waals surface area contributed by atoms with E-state index in [4.69, 9.17) is 11.6 Å². The van der Waals surface area contributed by atoms with Gasteiger partial charge in [-0.15, -0.1) is 11.3 Å². The molecule has 2 aromatic rings. The second-order valence-electron chi connectivity index (χ2n) is 3.20. The minimum absolute atomic E-state index is 0.206. The van der Waals surface area contributed by atoms with Gasteiger partial charge in [-0.3, -0.25) is 0 Å². The predicted octanol–water partition coefficient (Wildman–Crippen LogP) is 3.25. The standard InChI is InChI=1S/C10H9ClFN3S/c1-6-9(16-5-15-6)4-14-10-8(12)2-7(11)3-13-10/h2-3,5H,4H2,1H3,(H,13,14). The van der Waals surface area contributed by atoms with E-state index in [2.05, 4.69) is 15.3 Å². The van der Waals surface area contributed by atoms with Crippen molar-refractivity contribution in [2.45, 2.75) is 13.5 Å². The number of hydrogen-bond acceptors (Lipinski definition) is 4. The normalized spacial score (nSPS) is 10.4. The number of pyridine rings is 1. The van der Waals surface area contributed by atoms with Crippen LogP contribution >= 0.6 is 22.9 Å². The van der Waals surface area contributed by atoms with Crippen molar-refractivity contribution in [1.29, 1.82) is 0 Å². The molecule has 0 bridgehead atoms. The van der Waals surface area contributed by atoms with Crippen molar-refractivity contribution in [3.05, 3.63) is 39.2 Å². The van der Waals surface area contributed by atoms with Gasteiger partial charge in [0, 0.05) is 11.1 Å². The maximum Gasteiger partial charge on any atom is 0.166 e. The van der Waals surface area contributed by atoms with Crippen molar-refractivity contribution < 1.29 is 4.39 Å². The summed E-state index contributed by atoms with van der Waals surface area (Å²) in [5, 5.41) is 3.20. The van der Waals surface area contributed by atoms with Gasteiger partial charge < -0.3 is 5.32 Å². The number of nitrogens with one attached hydrogen (secondary N) is 1. The number of anilines is 1. The zero-order chi connectivity index (χ0) is 11.5. The lowest BCUT2D eigenvalue weighted by atomic mass is 10.4. The summed E-state index contributed by atoms with van der Waals surface area (Å²) in [5.74, 6) is -0.244. The molecule has 0 amide bonds. The maximum atomic E-state index is 13.4. The van der Waals surface area contributed by atoms with Gasteiger partial charge in [0.2, 0.25) is 0 Å². The van der Waals surface area contributed by atoms with Gasteiger partial charge in [-0.2, -0.15) is 0 Å². The lowest BCUT2D eigenvalue weighted by molar-refractivity contribution is 0.624. The molecule has 0 fully saturated rings. The van der Waals surface area contributed by atoms with Gasteiger partial charge in [0.1, 0.15) is 0 Å². The van der Waals surface area contributed by atoms with E-state index in [9.17, 15) is 4.39 Å². The van der Waals surface area contributed by atoms with Gasteiger partial charge >= 0.3 is 0 Å². The highest BCUT2D eigenvalue weighted by Gasteiger charge is 2.06. The van der Waals surface area contributed by atoms with E-state index >= 15 is 0 Å². The van der Waals surface area contributed by atoms with E-state index in [0.717, 1.165) is 10.6 Å². The third kappa shape index (κ3) is 2.48. The summed E-state index contributed by atoms with van der Waals surface area (Å²) in [6.07, 6.45) is 1.41. The third-order valence-electron chi connectivity index (χ3n) is 2.07. The van der Waals surface area contributed by atoms with Crippen molar-refractivity contribution in [2.24, 2.45) is 0 Å². The van der Waals surface area contributed by atoms with E-state index in [1.807, 2.05) is 6.92 Å². The smallest absolute Gasteiger partial charge is 0.166 e. The van der Waals surface area contributed by atoms with Crippen LogP contribution in [0.25, 0.3) is 0 Å². The van der Waals surface area contributed by atoms with Gasteiger partial charge in [0.25, 0.3) is 0 Å². The van der Waals surface area contributed by atoms with Gasteiger partial charge in [-0.25, -0.2) is 14.4 Å². The molecule has 0 unspecified atom stereocenters. The number of aromatic nitrogens is 2. The highest BCUT2D eigenvalue weighted by molar-refractivity contribution is 7.09. The van der Waals surface area contributed by atoms with Crippen LogP contribution in [0.2, 0.25) is 5.02 Å². The molecule has 3 nitrogen and oxygen atoms in total. The molecule has 2 aromatic heterocycles. The summed E-state index contributed by atoms with van der Waals surface area (Å²) >= 11 is 7.13. The van der Waals surface area contributed by atoms with Crippen LogP contribution in [0.5, 0.6) is 0 Å². The van der Waals surface area contributed by atoms with Crippen molar-refractivity contribution in [1.82, 2.24) is 9.97 Å². The molecular weight excluding hydrogens is 249 g/mol.